The van der Waals surface area contributed by atoms with E-state index in [1.54, 1.807) is 43.5 Å². The maximum Gasteiger partial charge on any atom is 0.244 e. The number of likely N-dealkylation sites (N-methyl/N-ethyl adjacent to an activating group) is 1. The van der Waals surface area contributed by atoms with E-state index in [0.717, 1.165) is 21.7 Å². The lowest BCUT2D eigenvalue weighted by Crippen LogP contribution is -2.52. The quantitative estimate of drug-likeness (QED) is 0.539. The molecule has 2 aromatic carbocycles. The fourth-order valence-electron chi connectivity index (χ4n) is 3.58. The monoisotopic (exact) mass is 475 g/mol. The highest BCUT2D eigenvalue weighted by Gasteiger charge is 2.31. The number of nitrogens with zero attached hydrogens (tertiary/aromatic N) is 2. The van der Waals surface area contributed by atoms with Crippen LogP contribution in [0, 0.1) is 6.92 Å². The second-order valence-corrected chi connectivity index (χ2v) is 9.71. The second kappa shape index (κ2) is 11.7. The summed E-state index contributed by atoms with van der Waals surface area (Å²) in [4.78, 5) is 27.7. The summed E-state index contributed by atoms with van der Waals surface area (Å²) in [5.41, 5.74) is 2.04. The van der Waals surface area contributed by atoms with Gasteiger partial charge in [-0.3, -0.25) is 13.9 Å². The highest BCUT2D eigenvalue weighted by molar-refractivity contribution is 7.92. The van der Waals surface area contributed by atoms with E-state index in [0.29, 0.717) is 24.4 Å². The van der Waals surface area contributed by atoms with Crippen LogP contribution in [-0.2, 0) is 26.2 Å². The largest absolute Gasteiger partial charge is 0.497 e. The number of ether oxygens (including phenoxy) is 1. The predicted molar refractivity (Wildman–Crippen MR) is 130 cm³/mol. The standard InChI is InChI=1S/C24H33N3O5S/c1-6-22(24(29)25-7-2)26(16-19-11-9-13-21(15-19)32-4)23(28)17-27(33(5,30)31)20-12-8-10-18(3)14-20/h8-15,22H,6-7,16-17H2,1-5H3,(H,25,29)/t22-/m1/s1. The number of methoxy groups -OCH3 is 1. The Bertz CT molecular complexity index is 1070. The van der Waals surface area contributed by atoms with Gasteiger partial charge in [0.05, 0.1) is 19.1 Å². The van der Waals surface area contributed by atoms with Gasteiger partial charge in [0.1, 0.15) is 18.3 Å². The van der Waals surface area contributed by atoms with Crippen molar-refractivity contribution in [3.05, 3.63) is 59.7 Å². The van der Waals surface area contributed by atoms with Gasteiger partial charge in [-0.15, -0.1) is 0 Å². The van der Waals surface area contributed by atoms with E-state index >= 15 is 0 Å². The zero-order chi connectivity index (χ0) is 24.6. The summed E-state index contributed by atoms with van der Waals surface area (Å²) in [6.45, 7) is 5.63. The van der Waals surface area contributed by atoms with E-state index < -0.39 is 28.5 Å². The molecule has 2 amide bonds. The van der Waals surface area contributed by atoms with Gasteiger partial charge in [0.25, 0.3) is 0 Å². The van der Waals surface area contributed by atoms with E-state index in [1.165, 1.54) is 4.90 Å². The molecule has 0 aliphatic carbocycles. The molecule has 2 rings (SSSR count). The van der Waals surface area contributed by atoms with Gasteiger partial charge in [0.15, 0.2) is 0 Å². The lowest BCUT2D eigenvalue weighted by Gasteiger charge is -2.33. The molecule has 1 atom stereocenters. The second-order valence-electron chi connectivity index (χ2n) is 7.80. The number of amides is 2. The summed E-state index contributed by atoms with van der Waals surface area (Å²) in [5.74, 6) is -0.121. The van der Waals surface area contributed by atoms with Gasteiger partial charge in [0, 0.05) is 13.1 Å². The van der Waals surface area contributed by atoms with E-state index in [2.05, 4.69) is 5.32 Å². The molecule has 0 saturated carbocycles. The SMILES string of the molecule is CCNC(=O)[C@@H](CC)N(Cc1cccc(OC)c1)C(=O)CN(c1cccc(C)c1)S(C)(=O)=O. The summed E-state index contributed by atoms with van der Waals surface area (Å²) in [5, 5.41) is 2.77. The Balaban J connectivity index is 2.44. The molecule has 2 aromatic rings. The van der Waals surface area contributed by atoms with Crippen LogP contribution in [0.3, 0.4) is 0 Å². The molecule has 0 unspecified atom stereocenters. The van der Waals surface area contributed by atoms with Gasteiger partial charge in [-0.1, -0.05) is 31.2 Å². The van der Waals surface area contributed by atoms with Crippen LogP contribution in [0.15, 0.2) is 48.5 Å². The van der Waals surface area contributed by atoms with E-state index in [4.69, 9.17) is 4.74 Å². The van der Waals surface area contributed by atoms with Crippen molar-refractivity contribution in [3.63, 3.8) is 0 Å². The number of hydrogen-bond acceptors (Lipinski definition) is 5. The summed E-state index contributed by atoms with van der Waals surface area (Å²) < 4.78 is 31.5. The third kappa shape index (κ3) is 7.21. The van der Waals surface area contributed by atoms with Gasteiger partial charge >= 0.3 is 0 Å². The van der Waals surface area contributed by atoms with Crippen molar-refractivity contribution in [2.45, 2.75) is 39.8 Å². The third-order valence-electron chi connectivity index (χ3n) is 5.19. The van der Waals surface area contributed by atoms with E-state index in [9.17, 15) is 18.0 Å². The Morgan fingerprint density at radius 1 is 1.09 bits per heavy atom. The molecule has 0 fully saturated rings. The molecular formula is C24H33N3O5S. The Morgan fingerprint density at radius 3 is 2.36 bits per heavy atom. The van der Waals surface area contributed by atoms with Gasteiger partial charge in [-0.25, -0.2) is 8.42 Å². The first-order valence-electron chi connectivity index (χ1n) is 10.8. The van der Waals surface area contributed by atoms with Gasteiger partial charge in [-0.2, -0.15) is 0 Å². The first-order chi connectivity index (χ1) is 15.6. The normalized spacial score (nSPS) is 12.0. The minimum absolute atomic E-state index is 0.136. The fourth-order valence-corrected chi connectivity index (χ4v) is 4.42. The summed E-state index contributed by atoms with van der Waals surface area (Å²) in [7, 11) is -2.19. The lowest BCUT2D eigenvalue weighted by molar-refractivity contribution is -0.140. The van der Waals surface area contributed by atoms with E-state index in [1.807, 2.05) is 32.9 Å². The summed E-state index contributed by atoms with van der Waals surface area (Å²) >= 11 is 0. The maximum atomic E-state index is 13.5. The number of nitrogens with one attached hydrogen (secondary N) is 1. The number of hydrogen-bond donors (Lipinski definition) is 1. The van der Waals surface area contributed by atoms with Crippen molar-refractivity contribution < 1.29 is 22.7 Å². The number of anilines is 1. The molecule has 0 radical (unpaired) electrons. The molecule has 0 bridgehead atoms. The van der Waals surface area contributed by atoms with Crippen LogP contribution < -0.4 is 14.4 Å². The highest BCUT2D eigenvalue weighted by atomic mass is 32.2. The van der Waals surface area contributed by atoms with Crippen molar-refractivity contribution in [1.29, 1.82) is 0 Å². The van der Waals surface area contributed by atoms with Crippen LogP contribution in [0.25, 0.3) is 0 Å². The smallest absolute Gasteiger partial charge is 0.244 e. The molecule has 0 aliphatic heterocycles. The first kappa shape index (κ1) is 26.2. The van der Waals surface area contributed by atoms with Gasteiger partial charge < -0.3 is 15.0 Å². The zero-order valence-electron chi connectivity index (χ0n) is 19.9. The van der Waals surface area contributed by atoms with Crippen LogP contribution in [0.5, 0.6) is 5.75 Å². The Kier molecular flexibility index (Phi) is 9.28. The number of rotatable bonds is 11. The van der Waals surface area contributed by atoms with Crippen molar-refractivity contribution in [1.82, 2.24) is 10.2 Å². The van der Waals surface area contributed by atoms with Crippen molar-refractivity contribution in [2.24, 2.45) is 0 Å². The molecule has 33 heavy (non-hydrogen) atoms. The zero-order valence-corrected chi connectivity index (χ0v) is 20.7. The first-order valence-corrected chi connectivity index (χ1v) is 12.7. The summed E-state index contributed by atoms with van der Waals surface area (Å²) in [6.07, 6.45) is 1.45. The number of benzene rings is 2. The average molecular weight is 476 g/mol. The van der Waals surface area contributed by atoms with Crippen LogP contribution in [0.2, 0.25) is 0 Å². The van der Waals surface area contributed by atoms with Crippen molar-refractivity contribution in [2.75, 3.05) is 30.8 Å². The van der Waals surface area contributed by atoms with Crippen LogP contribution in [-0.4, -0.2) is 57.6 Å². The summed E-state index contributed by atoms with van der Waals surface area (Å²) in [6, 6.07) is 13.4. The number of aryl methyl sites for hydroxylation is 1. The topological polar surface area (TPSA) is 96.0 Å². The molecule has 0 heterocycles. The van der Waals surface area contributed by atoms with Crippen LogP contribution in [0.1, 0.15) is 31.4 Å². The molecular weight excluding hydrogens is 442 g/mol. The number of sulfonamides is 1. The highest BCUT2D eigenvalue weighted by Crippen LogP contribution is 2.21. The van der Waals surface area contributed by atoms with Crippen molar-refractivity contribution >= 4 is 27.5 Å². The molecule has 1 N–H and O–H groups in total. The molecule has 0 saturated heterocycles. The minimum Gasteiger partial charge on any atom is -0.497 e. The molecule has 0 spiro atoms. The molecule has 0 aromatic heterocycles. The fraction of sp³-hybridized carbons (Fsp3) is 0.417. The maximum absolute atomic E-state index is 13.5. The Morgan fingerprint density at radius 2 is 1.79 bits per heavy atom. The Hall–Kier alpha value is -3.07. The molecule has 9 heteroatoms. The third-order valence-corrected chi connectivity index (χ3v) is 6.33. The number of carbonyl (C=O) groups excluding carboxylic acids is 2. The van der Waals surface area contributed by atoms with Crippen LogP contribution >= 0.6 is 0 Å². The van der Waals surface area contributed by atoms with Gasteiger partial charge in [0.2, 0.25) is 21.8 Å². The number of carbonyl (C=O) groups is 2. The lowest BCUT2D eigenvalue weighted by atomic mass is 10.1. The van der Waals surface area contributed by atoms with Crippen LogP contribution in [0.4, 0.5) is 5.69 Å². The Labute approximate surface area is 196 Å². The minimum atomic E-state index is -3.74. The van der Waals surface area contributed by atoms with E-state index in [-0.39, 0.29) is 12.5 Å². The molecule has 8 nitrogen and oxygen atoms in total. The predicted octanol–water partition coefficient (Wildman–Crippen LogP) is 2.71. The molecule has 0 aliphatic rings. The average Bonchev–Trinajstić information content (AvgIpc) is 2.76. The van der Waals surface area contributed by atoms with Gasteiger partial charge in [-0.05, 0) is 55.7 Å². The van der Waals surface area contributed by atoms with Crippen molar-refractivity contribution in [3.8, 4) is 5.75 Å². The molecule has 180 valence electrons.